The molecule has 4 nitrogen and oxygen atoms in total. The lowest BCUT2D eigenvalue weighted by molar-refractivity contribution is 0.1000. The number of aliphatic hydroxyl groups is 1. The zero-order chi connectivity index (χ0) is 13.4. The maximum absolute atomic E-state index is 11.1. The SMILES string of the molecule is CN(CCCCCO)Cc1cccc(C(N)=O)c1. The van der Waals surface area contributed by atoms with Crippen molar-refractivity contribution in [3.05, 3.63) is 35.4 Å². The fourth-order valence-electron chi connectivity index (χ4n) is 1.88. The summed E-state index contributed by atoms with van der Waals surface area (Å²) in [7, 11) is 2.05. The molecule has 3 N–H and O–H groups in total. The van der Waals surface area contributed by atoms with Crippen LogP contribution < -0.4 is 5.73 Å². The molecule has 0 heterocycles. The Bertz CT molecular complexity index is 380. The van der Waals surface area contributed by atoms with Gasteiger partial charge in [0.1, 0.15) is 0 Å². The topological polar surface area (TPSA) is 66.6 Å². The molecule has 1 aromatic carbocycles. The van der Waals surface area contributed by atoms with Gasteiger partial charge in [-0.1, -0.05) is 12.1 Å². The zero-order valence-electron chi connectivity index (χ0n) is 10.9. The van der Waals surface area contributed by atoms with Crippen LogP contribution in [-0.4, -0.2) is 36.1 Å². The second kappa shape index (κ2) is 7.84. The van der Waals surface area contributed by atoms with Gasteiger partial charge in [-0.25, -0.2) is 0 Å². The molecule has 0 spiro atoms. The second-order valence-corrected chi connectivity index (χ2v) is 4.59. The summed E-state index contributed by atoms with van der Waals surface area (Å²) in [5.41, 5.74) is 6.90. The number of carbonyl (C=O) groups excluding carboxylic acids is 1. The highest BCUT2D eigenvalue weighted by atomic mass is 16.2. The lowest BCUT2D eigenvalue weighted by Crippen LogP contribution is -2.19. The first-order valence-corrected chi connectivity index (χ1v) is 6.31. The molecule has 1 rings (SSSR count). The third-order valence-electron chi connectivity index (χ3n) is 2.86. The van der Waals surface area contributed by atoms with Gasteiger partial charge >= 0.3 is 0 Å². The van der Waals surface area contributed by atoms with E-state index in [4.69, 9.17) is 10.8 Å². The van der Waals surface area contributed by atoms with Gasteiger partial charge in [0.05, 0.1) is 0 Å². The van der Waals surface area contributed by atoms with Crippen molar-refractivity contribution < 1.29 is 9.90 Å². The van der Waals surface area contributed by atoms with E-state index in [9.17, 15) is 4.79 Å². The smallest absolute Gasteiger partial charge is 0.248 e. The fourth-order valence-corrected chi connectivity index (χ4v) is 1.88. The number of nitrogens with two attached hydrogens (primary N) is 1. The van der Waals surface area contributed by atoms with Crippen molar-refractivity contribution in [1.82, 2.24) is 4.90 Å². The Morgan fingerprint density at radius 2 is 2.11 bits per heavy atom. The summed E-state index contributed by atoms with van der Waals surface area (Å²) >= 11 is 0. The van der Waals surface area contributed by atoms with Crippen LogP contribution in [0.15, 0.2) is 24.3 Å². The predicted molar refractivity (Wildman–Crippen MR) is 72.2 cm³/mol. The molecule has 0 saturated heterocycles. The van der Waals surface area contributed by atoms with Crippen LogP contribution in [0.3, 0.4) is 0 Å². The maximum atomic E-state index is 11.1. The largest absolute Gasteiger partial charge is 0.396 e. The molecule has 0 bridgehead atoms. The molecule has 0 aromatic heterocycles. The third kappa shape index (κ3) is 5.29. The van der Waals surface area contributed by atoms with E-state index in [1.165, 1.54) is 0 Å². The molecule has 0 radical (unpaired) electrons. The molecule has 4 heteroatoms. The molecule has 1 amide bonds. The number of amides is 1. The zero-order valence-corrected chi connectivity index (χ0v) is 10.9. The van der Waals surface area contributed by atoms with Gasteiger partial charge in [-0.2, -0.15) is 0 Å². The predicted octanol–water partition coefficient (Wildman–Crippen LogP) is 1.38. The molecule has 1 aromatic rings. The first-order chi connectivity index (χ1) is 8.63. The van der Waals surface area contributed by atoms with Crippen molar-refractivity contribution in [3.8, 4) is 0 Å². The molecule has 0 aliphatic carbocycles. The lowest BCUT2D eigenvalue weighted by Gasteiger charge is -2.16. The van der Waals surface area contributed by atoms with E-state index in [1.807, 2.05) is 18.2 Å². The van der Waals surface area contributed by atoms with Crippen LogP contribution >= 0.6 is 0 Å². The molecule has 100 valence electrons. The minimum absolute atomic E-state index is 0.268. The summed E-state index contributed by atoms with van der Waals surface area (Å²) in [5, 5.41) is 8.69. The molecular formula is C14H22N2O2. The number of benzene rings is 1. The molecule has 0 fully saturated rings. The summed E-state index contributed by atoms with van der Waals surface area (Å²) in [6.45, 7) is 2.06. The highest BCUT2D eigenvalue weighted by Crippen LogP contribution is 2.08. The van der Waals surface area contributed by atoms with E-state index >= 15 is 0 Å². The van der Waals surface area contributed by atoms with Gasteiger partial charge in [-0.15, -0.1) is 0 Å². The van der Waals surface area contributed by atoms with Crippen LogP contribution in [0.25, 0.3) is 0 Å². The second-order valence-electron chi connectivity index (χ2n) is 4.59. The van der Waals surface area contributed by atoms with Crippen molar-refractivity contribution in [2.45, 2.75) is 25.8 Å². The standard InChI is InChI=1S/C14H22N2O2/c1-16(8-3-2-4-9-17)11-12-6-5-7-13(10-12)14(15)18/h5-7,10,17H,2-4,8-9,11H2,1H3,(H2,15,18). The van der Waals surface area contributed by atoms with Crippen LogP contribution in [0.5, 0.6) is 0 Å². The van der Waals surface area contributed by atoms with E-state index in [1.54, 1.807) is 6.07 Å². The van der Waals surface area contributed by atoms with Gasteiger partial charge < -0.3 is 15.7 Å². The summed E-state index contributed by atoms with van der Waals surface area (Å²) in [6.07, 6.45) is 2.99. The number of hydrogen-bond donors (Lipinski definition) is 2. The van der Waals surface area contributed by atoms with Crippen LogP contribution in [0.4, 0.5) is 0 Å². The Morgan fingerprint density at radius 3 is 2.78 bits per heavy atom. The Hall–Kier alpha value is -1.39. The van der Waals surface area contributed by atoms with Gasteiger partial charge in [0.25, 0.3) is 0 Å². The molecule has 18 heavy (non-hydrogen) atoms. The molecule has 0 atom stereocenters. The average molecular weight is 250 g/mol. The van der Waals surface area contributed by atoms with E-state index in [-0.39, 0.29) is 12.5 Å². The molecule has 0 saturated carbocycles. The van der Waals surface area contributed by atoms with Crippen LogP contribution in [-0.2, 0) is 6.54 Å². The summed E-state index contributed by atoms with van der Waals surface area (Å²) in [5.74, 6) is -0.387. The first kappa shape index (κ1) is 14.7. The van der Waals surface area contributed by atoms with Crippen LogP contribution in [0, 0.1) is 0 Å². The Morgan fingerprint density at radius 1 is 1.33 bits per heavy atom. The lowest BCUT2D eigenvalue weighted by atomic mass is 10.1. The highest BCUT2D eigenvalue weighted by Gasteiger charge is 2.04. The number of aliphatic hydroxyl groups excluding tert-OH is 1. The van der Waals surface area contributed by atoms with Crippen LogP contribution in [0.2, 0.25) is 0 Å². The van der Waals surface area contributed by atoms with Gasteiger partial charge in [0.15, 0.2) is 0 Å². The normalized spacial score (nSPS) is 10.8. The van der Waals surface area contributed by atoms with Crippen LogP contribution in [0.1, 0.15) is 35.2 Å². The Balaban J connectivity index is 2.41. The number of carbonyl (C=O) groups is 1. The number of hydrogen-bond acceptors (Lipinski definition) is 3. The number of unbranched alkanes of at least 4 members (excludes halogenated alkanes) is 2. The monoisotopic (exact) mass is 250 g/mol. The Labute approximate surface area is 108 Å². The number of rotatable bonds is 8. The van der Waals surface area contributed by atoms with Gasteiger partial charge in [0.2, 0.25) is 5.91 Å². The average Bonchev–Trinajstić information content (AvgIpc) is 2.35. The van der Waals surface area contributed by atoms with Crippen molar-refractivity contribution in [1.29, 1.82) is 0 Å². The van der Waals surface area contributed by atoms with Crippen molar-refractivity contribution in [2.75, 3.05) is 20.2 Å². The minimum atomic E-state index is -0.387. The first-order valence-electron chi connectivity index (χ1n) is 6.31. The minimum Gasteiger partial charge on any atom is -0.396 e. The van der Waals surface area contributed by atoms with E-state index in [0.29, 0.717) is 5.56 Å². The van der Waals surface area contributed by atoms with Crippen molar-refractivity contribution in [2.24, 2.45) is 5.73 Å². The van der Waals surface area contributed by atoms with E-state index < -0.39 is 0 Å². The van der Waals surface area contributed by atoms with Crippen molar-refractivity contribution in [3.63, 3.8) is 0 Å². The van der Waals surface area contributed by atoms with E-state index in [2.05, 4.69) is 11.9 Å². The van der Waals surface area contributed by atoms with Gasteiger partial charge in [0, 0.05) is 18.7 Å². The fraction of sp³-hybridized carbons (Fsp3) is 0.500. The summed E-state index contributed by atoms with van der Waals surface area (Å²) in [4.78, 5) is 13.3. The van der Waals surface area contributed by atoms with Crippen molar-refractivity contribution >= 4 is 5.91 Å². The molecule has 0 aliphatic rings. The quantitative estimate of drug-likeness (QED) is 0.685. The third-order valence-corrected chi connectivity index (χ3v) is 2.86. The summed E-state index contributed by atoms with van der Waals surface area (Å²) < 4.78 is 0. The Kier molecular flexibility index (Phi) is 6.39. The highest BCUT2D eigenvalue weighted by molar-refractivity contribution is 5.92. The number of nitrogens with zero attached hydrogens (tertiary/aromatic N) is 1. The molecular weight excluding hydrogens is 228 g/mol. The van der Waals surface area contributed by atoms with E-state index in [0.717, 1.165) is 37.9 Å². The summed E-state index contributed by atoms with van der Waals surface area (Å²) in [6, 6.07) is 7.42. The molecule has 0 unspecified atom stereocenters. The van der Waals surface area contributed by atoms with Gasteiger partial charge in [-0.05, 0) is 50.6 Å². The molecule has 0 aliphatic heterocycles. The number of primary amides is 1. The maximum Gasteiger partial charge on any atom is 0.248 e. The van der Waals surface area contributed by atoms with Gasteiger partial charge in [-0.3, -0.25) is 4.79 Å².